The Hall–Kier alpha value is -2.91. The van der Waals surface area contributed by atoms with Gasteiger partial charge in [-0.1, -0.05) is 42.5 Å². The molecule has 3 heteroatoms. The Kier molecular flexibility index (Phi) is 4.02. The number of nitrogens with one attached hydrogen (secondary N) is 1. The normalized spacial score (nSPS) is 13.7. The second-order valence-corrected chi connectivity index (χ2v) is 6.95. The van der Waals surface area contributed by atoms with Crippen molar-refractivity contribution in [2.75, 3.05) is 13.2 Å². The van der Waals surface area contributed by atoms with E-state index in [1.54, 1.807) is 0 Å². The van der Waals surface area contributed by atoms with Crippen molar-refractivity contribution in [1.29, 1.82) is 0 Å². The standard InChI is InChI=1S/C24H22N2O/c1-2-27-22-10-6-5-9-19(22)24-20-15-25-14-13-18(20)23-17-8-4-3-7-16(17)11-12-21(23)26-24/h3-12,25H,2,13-15H2,1H3. The molecule has 134 valence electrons. The van der Waals surface area contributed by atoms with E-state index in [2.05, 4.69) is 53.8 Å². The van der Waals surface area contributed by atoms with E-state index in [1.807, 2.05) is 19.1 Å². The smallest absolute Gasteiger partial charge is 0.128 e. The first-order valence-corrected chi connectivity index (χ1v) is 9.63. The van der Waals surface area contributed by atoms with E-state index < -0.39 is 0 Å². The first kappa shape index (κ1) is 16.3. The molecule has 0 atom stereocenters. The van der Waals surface area contributed by atoms with E-state index >= 15 is 0 Å². The summed E-state index contributed by atoms with van der Waals surface area (Å²) in [5.74, 6) is 0.903. The van der Waals surface area contributed by atoms with Crippen LogP contribution in [0.2, 0.25) is 0 Å². The molecule has 0 bridgehead atoms. The van der Waals surface area contributed by atoms with Crippen LogP contribution in [0.5, 0.6) is 5.75 Å². The van der Waals surface area contributed by atoms with Crippen molar-refractivity contribution >= 4 is 21.7 Å². The van der Waals surface area contributed by atoms with Gasteiger partial charge >= 0.3 is 0 Å². The lowest BCUT2D eigenvalue weighted by Gasteiger charge is -2.24. The van der Waals surface area contributed by atoms with Gasteiger partial charge in [-0.2, -0.15) is 0 Å². The highest BCUT2D eigenvalue weighted by Gasteiger charge is 2.22. The molecule has 3 nitrogen and oxygen atoms in total. The fraction of sp³-hybridized carbons (Fsp3) is 0.208. The van der Waals surface area contributed by atoms with Gasteiger partial charge in [-0.15, -0.1) is 0 Å². The zero-order valence-electron chi connectivity index (χ0n) is 15.5. The first-order chi connectivity index (χ1) is 13.4. The molecule has 0 fully saturated rings. The summed E-state index contributed by atoms with van der Waals surface area (Å²) in [5.41, 5.74) is 5.92. The van der Waals surface area contributed by atoms with Crippen LogP contribution in [-0.2, 0) is 13.0 Å². The Morgan fingerprint density at radius 3 is 2.74 bits per heavy atom. The highest BCUT2D eigenvalue weighted by atomic mass is 16.5. The largest absolute Gasteiger partial charge is 0.493 e. The van der Waals surface area contributed by atoms with Crippen LogP contribution in [-0.4, -0.2) is 18.1 Å². The Balaban J connectivity index is 1.86. The minimum absolute atomic E-state index is 0.648. The average molecular weight is 354 g/mol. The fourth-order valence-corrected chi connectivity index (χ4v) is 4.21. The number of ether oxygens (including phenoxy) is 1. The van der Waals surface area contributed by atoms with Crippen molar-refractivity contribution in [2.24, 2.45) is 0 Å². The van der Waals surface area contributed by atoms with Crippen LogP contribution in [0.1, 0.15) is 18.1 Å². The lowest BCUT2D eigenvalue weighted by atomic mass is 9.90. The molecule has 0 unspecified atom stereocenters. The van der Waals surface area contributed by atoms with Gasteiger partial charge in [0, 0.05) is 17.5 Å². The second-order valence-electron chi connectivity index (χ2n) is 6.95. The maximum Gasteiger partial charge on any atom is 0.128 e. The van der Waals surface area contributed by atoms with E-state index in [0.717, 1.165) is 42.0 Å². The van der Waals surface area contributed by atoms with Crippen LogP contribution in [0.3, 0.4) is 0 Å². The number of fused-ring (bicyclic) bond motifs is 5. The van der Waals surface area contributed by atoms with Crippen molar-refractivity contribution in [2.45, 2.75) is 19.9 Å². The second kappa shape index (κ2) is 6.67. The Morgan fingerprint density at radius 2 is 1.81 bits per heavy atom. The number of aromatic nitrogens is 1. The minimum atomic E-state index is 0.648. The molecule has 0 spiro atoms. The van der Waals surface area contributed by atoms with Crippen LogP contribution in [0.4, 0.5) is 0 Å². The Morgan fingerprint density at radius 1 is 0.963 bits per heavy atom. The summed E-state index contributed by atoms with van der Waals surface area (Å²) in [4.78, 5) is 5.13. The third-order valence-electron chi connectivity index (χ3n) is 5.39. The monoisotopic (exact) mass is 354 g/mol. The molecule has 1 aliphatic rings. The summed E-state index contributed by atoms with van der Waals surface area (Å²) < 4.78 is 5.90. The highest BCUT2D eigenvalue weighted by molar-refractivity contribution is 6.09. The number of pyridine rings is 1. The van der Waals surface area contributed by atoms with Crippen LogP contribution in [0, 0.1) is 0 Å². The van der Waals surface area contributed by atoms with E-state index in [1.165, 1.54) is 27.3 Å². The van der Waals surface area contributed by atoms with Gasteiger partial charge in [0.1, 0.15) is 5.75 Å². The molecule has 5 rings (SSSR count). The molecule has 0 saturated heterocycles. The Bertz CT molecular complexity index is 1150. The molecular formula is C24H22N2O. The summed E-state index contributed by atoms with van der Waals surface area (Å²) in [5, 5.41) is 7.41. The molecule has 1 N–H and O–H groups in total. The molecule has 4 aromatic rings. The summed E-state index contributed by atoms with van der Waals surface area (Å²) in [6.45, 7) is 4.52. The minimum Gasteiger partial charge on any atom is -0.493 e. The van der Waals surface area contributed by atoms with Crippen LogP contribution < -0.4 is 10.1 Å². The molecule has 3 aromatic carbocycles. The molecule has 0 aliphatic carbocycles. The quantitative estimate of drug-likeness (QED) is 0.520. The molecule has 0 saturated carbocycles. The molecule has 1 aliphatic heterocycles. The maximum absolute atomic E-state index is 5.90. The molecule has 27 heavy (non-hydrogen) atoms. The molecule has 0 radical (unpaired) electrons. The van der Waals surface area contributed by atoms with Crippen LogP contribution in [0.15, 0.2) is 60.7 Å². The molecule has 0 amide bonds. The third-order valence-corrected chi connectivity index (χ3v) is 5.39. The number of benzene rings is 3. The van der Waals surface area contributed by atoms with Gasteiger partial charge in [-0.3, -0.25) is 0 Å². The topological polar surface area (TPSA) is 34.1 Å². The van der Waals surface area contributed by atoms with Crippen LogP contribution in [0.25, 0.3) is 32.9 Å². The van der Waals surface area contributed by atoms with E-state index in [0.29, 0.717) is 6.61 Å². The van der Waals surface area contributed by atoms with E-state index in [9.17, 15) is 0 Å². The van der Waals surface area contributed by atoms with Gasteiger partial charge in [-0.05, 0) is 60.0 Å². The SMILES string of the molecule is CCOc1ccccc1-c1nc2ccc3ccccc3c2c2c1CNCC2. The molecular weight excluding hydrogens is 332 g/mol. The average Bonchev–Trinajstić information content (AvgIpc) is 2.73. The summed E-state index contributed by atoms with van der Waals surface area (Å²) in [7, 11) is 0. The van der Waals surface area contributed by atoms with E-state index in [-0.39, 0.29) is 0 Å². The first-order valence-electron chi connectivity index (χ1n) is 9.63. The number of hydrogen-bond donors (Lipinski definition) is 1. The molecule has 1 aromatic heterocycles. The number of para-hydroxylation sites is 1. The third kappa shape index (κ3) is 2.66. The van der Waals surface area contributed by atoms with Gasteiger partial charge in [0.25, 0.3) is 0 Å². The lowest BCUT2D eigenvalue weighted by molar-refractivity contribution is 0.341. The number of hydrogen-bond acceptors (Lipinski definition) is 3. The highest BCUT2D eigenvalue weighted by Crippen LogP contribution is 2.38. The Labute approximate surface area is 159 Å². The zero-order valence-corrected chi connectivity index (χ0v) is 15.5. The van der Waals surface area contributed by atoms with Gasteiger partial charge in [0.05, 0.1) is 17.8 Å². The fourth-order valence-electron chi connectivity index (χ4n) is 4.21. The van der Waals surface area contributed by atoms with Crippen molar-refractivity contribution in [3.63, 3.8) is 0 Å². The van der Waals surface area contributed by atoms with Gasteiger partial charge in [0.2, 0.25) is 0 Å². The number of rotatable bonds is 3. The van der Waals surface area contributed by atoms with Crippen molar-refractivity contribution in [3.05, 3.63) is 71.8 Å². The predicted octanol–water partition coefficient (Wildman–Crippen LogP) is 5.10. The van der Waals surface area contributed by atoms with Crippen molar-refractivity contribution < 1.29 is 4.74 Å². The van der Waals surface area contributed by atoms with Gasteiger partial charge in [0.15, 0.2) is 0 Å². The number of nitrogens with zero attached hydrogens (tertiary/aromatic N) is 1. The van der Waals surface area contributed by atoms with Gasteiger partial charge in [-0.25, -0.2) is 4.98 Å². The van der Waals surface area contributed by atoms with Crippen molar-refractivity contribution in [1.82, 2.24) is 10.3 Å². The van der Waals surface area contributed by atoms with Gasteiger partial charge < -0.3 is 10.1 Å². The summed E-state index contributed by atoms with van der Waals surface area (Å²) in [6, 6.07) is 21.2. The summed E-state index contributed by atoms with van der Waals surface area (Å²) >= 11 is 0. The molecule has 2 heterocycles. The zero-order chi connectivity index (χ0) is 18.2. The van der Waals surface area contributed by atoms with E-state index in [4.69, 9.17) is 9.72 Å². The van der Waals surface area contributed by atoms with Crippen LogP contribution >= 0.6 is 0 Å². The maximum atomic E-state index is 5.90. The summed E-state index contributed by atoms with van der Waals surface area (Å²) in [6.07, 6.45) is 1.02. The predicted molar refractivity (Wildman–Crippen MR) is 111 cm³/mol. The lowest BCUT2D eigenvalue weighted by Crippen LogP contribution is -2.25. The van der Waals surface area contributed by atoms with Crippen molar-refractivity contribution in [3.8, 4) is 17.0 Å².